The molecule has 0 aliphatic rings. The van der Waals surface area contributed by atoms with E-state index in [2.05, 4.69) is 4.98 Å². The second-order valence-electron chi connectivity index (χ2n) is 4.65. The molecule has 2 nitrogen and oxygen atoms in total. The Hall–Kier alpha value is -1.74. The van der Waals surface area contributed by atoms with Gasteiger partial charge in [0.1, 0.15) is 5.82 Å². The molecule has 1 aromatic carbocycles. The van der Waals surface area contributed by atoms with Crippen LogP contribution in [0.5, 0.6) is 0 Å². The molecule has 2 rings (SSSR count). The monoisotopic (exact) mass is 244 g/mol. The van der Waals surface area contributed by atoms with Crippen molar-refractivity contribution in [2.24, 2.45) is 5.73 Å². The number of nitrogens with zero attached hydrogens (tertiary/aromatic N) is 1. The van der Waals surface area contributed by atoms with E-state index in [9.17, 15) is 4.39 Å². The van der Waals surface area contributed by atoms with Gasteiger partial charge in [0.2, 0.25) is 0 Å². The lowest BCUT2D eigenvalue weighted by molar-refractivity contribution is 0.614. The molecular weight excluding hydrogens is 227 g/mol. The number of pyridine rings is 1. The summed E-state index contributed by atoms with van der Waals surface area (Å²) in [6.45, 7) is 3.75. The van der Waals surface area contributed by atoms with Gasteiger partial charge in [0.25, 0.3) is 0 Å². The highest BCUT2D eigenvalue weighted by molar-refractivity contribution is 5.27. The van der Waals surface area contributed by atoms with Gasteiger partial charge in [-0.1, -0.05) is 18.2 Å². The van der Waals surface area contributed by atoms with E-state index in [-0.39, 0.29) is 11.9 Å². The van der Waals surface area contributed by atoms with Crippen molar-refractivity contribution >= 4 is 0 Å². The van der Waals surface area contributed by atoms with Gasteiger partial charge in [-0.15, -0.1) is 0 Å². The van der Waals surface area contributed by atoms with E-state index < -0.39 is 0 Å². The molecule has 1 heterocycles. The zero-order chi connectivity index (χ0) is 13.1. The second-order valence-corrected chi connectivity index (χ2v) is 4.65. The zero-order valence-corrected chi connectivity index (χ0v) is 10.7. The Morgan fingerprint density at radius 2 is 2.00 bits per heavy atom. The molecule has 0 saturated carbocycles. The predicted molar refractivity (Wildman–Crippen MR) is 70.7 cm³/mol. The van der Waals surface area contributed by atoms with Crippen LogP contribution in [0.2, 0.25) is 0 Å². The van der Waals surface area contributed by atoms with E-state index in [4.69, 9.17) is 5.73 Å². The van der Waals surface area contributed by atoms with Crippen LogP contribution in [0, 0.1) is 19.7 Å². The van der Waals surface area contributed by atoms with Gasteiger partial charge >= 0.3 is 0 Å². The Kier molecular flexibility index (Phi) is 3.72. The SMILES string of the molecule is Cc1ccc(CC(N)c2ccc(F)c(C)c2)nc1. The molecule has 0 aliphatic heterocycles. The number of aryl methyl sites for hydroxylation is 2. The van der Waals surface area contributed by atoms with Crippen molar-refractivity contribution in [1.82, 2.24) is 4.98 Å². The Balaban J connectivity index is 2.13. The van der Waals surface area contributed by atoms with Crippen molar-refractivity contribution in [3.63, 3.8) is 0 Å². The smallest absolute Gasteiger partial charge is 0.126 e. The zero-order valence-electron chi connectivity index (χ0n) is 10.7. The number of aromatic nitrogens is 1. The lowest BCUT2D eigenvalue weighted by Gasteiger charge is -2.12. The summed E-state index contributed by atoms with van der Waals surface area (Å²) in [7, 11) is 0. The first-order valence-corrected chi connectivity index (χ1v) is 5.99. The fourth-order valence-corrected chi connectivity index (χ4v) is 1.86. The molecule has 1 aromatic heterocycles. The van der Waals surface area contributed by atoms with Crippen LogP contribution in [0.15, 0.2) is 36.5 Å². The van der Waals surface area contributed by atoms with Gasteiger partial charge < -0.3 is 5.73 Å². The summed E-state index contributed by atoms with van der Waals surface area (Å²) in [4.78, 5) is 4.33. The molecule has 2 aromatic rings. The molecule has 0 bridgehead atoms. The molecule has 3 heteroatoms. The molecular formula is C15H17FN2. The van der Waals surface area contributed by atoms with E-state index in [0.717, 1.165) is 16.8 Å². The Labute approximate surface area is 107 Å². The topological polar surface area (TPSA) is 38.9 Å². The third-order valence-corrected chi connectivity index (χ3v) is 3.01. The molecule has 2 N–H and O–H groups in total. The van der Waals surface area contributed by atoms with E-state index >= 15 is 0 Å². The van der Waals surface area contributed by atoms with Crippen molar-refractivity contribution in [2.45, 2.75) is 26.3 Å². The van der Waals surface area contributed by atoms with E-state index in [1.54, 1.807) is 19.1 Å². The van der Waals surface area contributed by atoms with Crippen molar-refractivity contribution in [3.05, 3.63) is 64.7 Å². The summed E-state index contributed by atoms with van der Waals surface area (Å²) < 4.78 is 13.2. The van der Waals surface area contributed by atoms with E-state index in [1.807, 2.05) is 25.3 Å². The molecule has 0 amide bonds. The molecule has 0 aliphatic carbocycles. The van der Waals surface area contributed by atoms with Gasteiger partial charge in [0, 0.05) is 24.4 Å². The first-order valence-electron chi connectivity index (χ1n) is 5.99. The van der Waals surface area contributed by atoms with Crippen LogP contribution in [-0.2, 0) is 6.42 Å². The summed E-state index contributed by atoms with van der Waals surface area (Å²) in [6.07, 6.45) is 2.49. The van der Waals surface area contributed by atoms with Crippen molar-refractivity contribution in [3.8, 4) is 0 Å². The number of hydrogen-bond acceptors (Lipinski definition) is 2. The van der Waals surface area contributed by atoms with Crippen LogP contribution in [0.3, 0.4) is 0 Å². The summed E-state index contributed by atoms with van der Waals surface area (Å²) in [5.74, 6) is -0.195. The summed E-state index contributed by atoms with van der Waals surface area (Å²) in [5.41, 5.74) is 9.77. The fourth-order valence-electron chi connectivity index (χ4n) is 1.86. The van der Waals surface area contributed by atoms with Crippen molar-refractivity contribution < 1.29 is 4.39 Å². The first-order chi connectivity index (χ1) is 8.56. The third kappa shape index (κ3) is 2.93. The average Bonchev–Trinajstić information content (AvgIpc) is 2.35. The van der Waals surface area contributed by atoms with Gasteiger partial charge in [-0.3, -0.25) is 4.98 Å². The highest BCUT2D eigenvalue weighted by Gasteiger charge is 2.09. The van der Waals surface area contributed by atoms with Crippen LogP contribution in [0.4, 0.5) is 4.39 Å². The van der Waals surface area contributed by atoms with Crippen LogP contribution in [0.25, 0.3) is 0 Å². The highest BCUT2D eigenvalue weighted by atomic mass is 19.1. The first kappa shape index (κ1) is 12.7. The second kappa shape index (κ2) is 5.27. The summed E-state index contributed by atoms with van der Waals surface area (Å²) in [5, 5.41) is 0. The van der Waals surface area contributed by atoms with Gasteiger partial charge in [-0.2, -0.15) is 0 Å². The normalized spacial score (nSPS) is 12.4. The minimum absolute atomic E-state index is 0.153. The molecule has 1 unspecified atom stereocenters. The summed E-state index contributed by atoms with van der Waals surface area (Å²) in [6, 6.07) is 8.85. The number of hydrogen-bond donors (Lipinski definition) is 1. The molecule has 0 saturated heterocycles. The van der Waals surface area contributed by atoms with Crippen LogP contribution in [-0.4, -0.2) is 4.98 Å². The average molecular weight is 244 g/mol. The predicted octanol–water partition coefficient (Wildman–Crippen LogP) is 3.08. The summed E-state index contributed by atoms with van der Waals surface area (Å²) >= 11 is 0. The maximum absolute atomic E-state index is 13.2. The van der Waals surface area contributed by atoms with Gasteiger partial charge in [0.05, 0.1) is 0 Å². The number of nitrogens with two attached hydrogens (primary N) is 1. The van der Waals surface area contributed by atoms with Crippen LogP contribution >= 0.6 is 0 Å². The number of halogens is 1. The quantitative estimate of drug-likeness (QED) is 0.901. The van der Waals surface area contributed by atoms with Crippen molar-refractivity contribution in [2.75, 3.05) is 0 Å². The highest BCUT2D eigenvalue weighted by Crippen LogP contribution is 2.18. The van der Waals surface area contributed by atoms with E-state index in [0.29, 0.717) is 12.0 Å². The molecule has 0 fully saturated rings. The Bertz CT molecular complexity index is 535. The molecule has 1 atom stereocenters. The molecule has 18 heavy (non-hydrogen) atoms. The standard InChI is InChI=1S/C15H17FN2/c1-10-3-5-13(18-9-10)8-15(17)12-4-6-14(16)11(2)7-12/h3-7,9,15H,8,17H2,1-2H3. The third-order valence-electron chi connectivity index (χ3n) is 3.01. The Morgan fingerprint density at radius 1 is 1.22 bits per heavy atom. The lowest BCUT2D eigenvalue weighted by atomic mass is 10.0. The van der Waals surface area contributed by atoms with Crippen LogP contribution in [0.1, 0.15) is 28.4 Å². The van der Waals surface area contributed by atoms with E-state index in [1.165, 1.54) is 6.07 Å². The number of rotatable bonds is 3. The molecule has 0 spiro atoms. The van der Waals surface area contributed by atoms with Crippen molar-refractivity contribution in [1.29, 1.82) is 0 Å². The molecule has 94 valence electrons. The fraction of sp³-hybridized carbons (Fsp3) is 0.267. The lowest BCUT2D eigenvalue weighted by Crippen LogP contribution is -2.14. The minimum atomic E-state index is -0.195. The largest absolute Gasteiger partial charge is 0.324 e. The van der Waals surface area contributed by atoms with Gasteiger partial charge in [0.15, 0.2) is 0 Å². The maximum Gasteiger partial charge on any atom is 0.126 e. The number of benzene rings is 1. The minimum Gasteiger partial charge on any atom is -0.324 e. The molecule has 0 radical (unpaired) electrons. The Morgan fingerprint density at radius 3 is 2.61 bits per heavy atom. The maximum atomic E-state index is 13.2. The van der Waals surface area contributed by atoms with Gasteiger partial charge in [-0.05, 0) is 42.7 Å². The van der Waals surface area contributed by atoms with Gasteiger partial charge in [-0.25, -0.2) is 4.39 Å². The van der Waals surface area contributed by atoms with Crippen LogP contribution < -0.4 is 5.73 Å².